The van der Waals surface area contributed by atoms with Gasteiger partial charge in [0.25, 0.3) is 0 Å². The summed E-state index contributed by atoms with van der Waals surface area (Å²) in [5.41, 5.74) is 0.409. The molecule has 0 amide bonds. The SMILES string of the molecule is CCc1ccc(Nc2nc[nH]c(=O)c2[N+](=O)[O-])cc1. The van der Waals surface area contributed by atoms with Crippen LogP contribution in [-0.2, 0) is 6.42 Å². The summed E-state index contributed by atoms with van der Waals surface area (Å²) >= 11 is 0. The van der Waals surface area contributed by atoms with Gasteiger partial charge in [0.05, 0.1) is 11.3 Å². The highest BCUT2D eigenvalue weighted by molar-refractivity contribution is 5.64. The van der Waals surface area contributed by atoms with Gasteiger partial charge in [-0.2, -0.15) is 0 Å². The molecule has 0 fully saturated rings. The number of nitrogens with one attached hydrogen (secondary N) is 2. The summed E-state index contributed by atoms with van der Waals surface area (Å²) in [6.07, 6.45) is 2.03. The minimum atomic E-state index is -0.785. The lowest BCUT2D eigenvalue weighted by Crippen LogP contribution is -2.14. The van der Waals surface area contributed by atoms with Crippen LogP contribution in [0, 0.1) is 10.1 Å². The summed E-state index contributed by atoms with van der Waals surface area (Å²) in [6.45, 7) is 2.03. The van der Waals surface area contributed by atoms with Crippen molar-refractivity contribution in [2.45, 2.75) is 13.3 Å². The standard InChI is InChI=1S/C12H12N4O3/c1-2-8-3-5-9(6-4-8)15-11-10(16(18)19)12(17)14-7-13-11/h3-7H,2H2,1H3,(H2,13,14,15,17). The van der Waals surface area contributed by atoms with E-state index >= 15 is 0 Å². The Morgan fingerprint density at radius 1 is 1.37 bits per heavy atom. The number of aromatic nitrogens is 2. The van der Waals surface area contributed by atoms with E-state index in [4.69, 9.17) is 0 Å². The summed E-state index contributed by atoms with van der Waals surface area (Å²) in [5, 5.41) is 13.6. The molecule has 2 aromatic rings. The first-order valence-electron chi connectivity index (χ1n) is 5.70. The topological polar surface area (TPSA) is 101 Å². The Morgan fingerprint density at radius 3 is 2.63 bits per heavy atom. The van der Waals surface area contributed by atoms with Crippen LogP contribution in [-0.4, -0.2) is 14.9 Å². The fourth-order valence-electron chi connectivity index (χ4n) is 1.61. The molecule has 0 saturated heterocycles. The van der Waals surface area contributed by atoms with Crippen LogP contribution in [0.5, 0.6) is 0 Å². The van der Waals surface area contributed by atoms with Crippen LogP contribution < -0.4 is 10.9 Å². The minimum absolute atomic E-state index is 0.0713. The second kappa shape index (κ2) is 5.30. The molecule has 0 unspecified atom stereocenters. The normalized spacial score (nSPS) is 10.2. The fourth-order valence-corrected chi connectivity index (χ4v) is 1.61. The molecule has 2 rings (SSSR count). The molecule has 0 radical (unpaired) electrons. The zero-order chi connectivity index (χ0) is 13.8. The summed E-state index contributed by atoms with van der Waals surface area (Å²) in [5.74, 6) is -0.0713. The zero-order valence-electron chi connectivity index (χ0n) is 10.2. The maximum absolute atomic E-state index is 11.4. The molecule has 0 spiro atoms. The van der Waals surface area contributed by atoms with Crippen LogP contribution in [0.25, 0.3) is 0 Å². The van der Waals surface area contributed by atoms with Crippen molar-refractivity contribution in [3.63, 3.8) is 0 Å². The van der Waals surface area contributed by atoms with Crippen molar-refractivity contribution >= 4 is 17.2 Å². The Labute approximate surface area is 108 Å². The molecule has 0 saturated carbocycles. The van der Waals surface area contributed by atoms with Gasteiger partial charge in [0.15, 0.2) is 0 Å². The van der Waals surface area contributed by atoms with E-state index in [2.05, 4.69) is 15.3 Å². The van der Waals surface area contributed by atoms with Crippen molar-refractivity contribution in [1.82, 2.24) is 9.97 Å². The minimum Gasteiger partial charge on any atom is -0.334 e. The smallest absolute Gasteiger partial charge is 0.334 e. The van der Waals surface area contributed by atoms with Gasteiger partial charge in [0.2, 0.25) is 5.82 Å². The van der Waals surface area contributed by atoms with Crippen molar-refractivity contribution in [3.8, 4) is 0 Å². The quantitative estimate of drug-likeness (QED) is 0.646. The van der Waals surface area contributed by atoms with Crippen LogP contribution in [0.1, 0.15) is 12.5 Å². The monoisotopic (exact) mass is 260 g/mol. The third-order valence-electron chi connectivity index (χ3n) is 2.64. The van der Waals surface area contributed by atoms with Crippen LogP contribution in [0.2, 0.25) is 0 Å². The van der Waals surface area contributed by atoms with Crippen LogP contribution in [0.4, 0.5) is 17.2 Å². The summed E-state index contributed by atoms with van der Waals surface area (Å²) in [6, 6.07) is 7.37. The van der Waals surface area contributed by atoms with Gasteiger partial charge < -0.3 is 10.3 Å². The number of H-pyrrole nitrogens is 1. The van der Waals surface area contributed by atoms with E-state index in [0.29, 0.717) is 5.69 Å². The zero-order valence-corrected chi connectivity index (χ0v) is 10.2. The number of rotatable bonds is 4. The molecule has 2 N–H and O–H groups in total. The van der Waals surface area contributed by atoms with Gasteiger partial charge in [0.1, 0.15) is 0 Å². The van der Waals surface area contributed by atoms with E-state index in [-0.39, 0.29) is 5.82 Å². The Kier molecular flexibility index (Phi) is 3.56. The molecule has 0 atom stereocenters. The number of nitro groups is 1. The predicted molar refractivity (Wildman–Crippen MR) is 70.6 cm³/mol. The molecule has 7 nitrogen and oxygen atoms in total. The third-order valence-corrected chi connectivity index (χ3v) is 2.64. The highest BCUT2D eigenvalue weighted by Gasteiger charge is 2.20. The maximum atomic E-state index is 11.4. The average Bonchev–Trinajstić information content (AvgIpc) is 2.39. The van der Waals surface area contributed by atoms with Crippen molar-refractivity contribution < 1.29 is 4.92 Å². The van der Waals surface area contributed by atoms with Crippen molar-refractivity contribution in [2.24, 2.45) is 0 Å². The van der Waals surface area contributed by atoms with Crippen molar-refractivity contribution in [1.29, 1.82) is 0 Å². The molecule has 1 aromatic carbocycles. The molecule has 1 heterocycles. The largest absolute Gasteiger partial charge is 0.376 e. The number of anilines is 2. The van der Waals surface area contributed by atoms with E-state index in [0.717, 1.165) is 18.3 Å². The number of nitrogens with zero attached hydrogens (tertiary/aromatic N) is 2. The van der Waals surface area contributed by atoms with E-state index < -0.39 is 16.2 Å². The number of hydrogen-bond donors (Lipinski definition) is 2. The number of aryl methyl sites for hydroxylation is 1. The van der Waals surface area contributed by atoms with Gasteiger partial charge in [-0.3, -0.25) is 14.9 Å². The predicted octanol–water partition coefficient (Wildman–Crippen LogP) is 1.98. The molecular weight excluding hydrogens is 248 g/mol. The maximum Gasteiger partial charge on any atom is 0.376 e. The Balaban J connectivity index is 2.35. The summed E-state index contributed by atoms with van der Waals surface area (Å²) in [7, 11) is 0. The van der Waals surface area contributed by atoms with Gasteiger partial charge in [-0.25, -0.2) is 4.98 Å². The molecule has 7 heteroatoms. The van der Waals surface area contributed by atoms with E-state index in [9.17, 15) is 14.9 Å². The lowest BCUT2D eigenvalue weighted by molar-refractivity contribution is -0.385. The van der Waals surface area contributed by atoms with E-state index in [1.807, 2.05) is 19.1 Å². The number of aromatic amines is 1. The van der Waals surface area contributed by atoms with Gasteiger partial charge in [-0.1, -0.05) is 19.1 Å². The first kappa shape index (κ1) is 12.7. The average molecular weight is 260 g/mol. The molecule has 0 aliphatic rings. The number of benzene rings is 1. The first-order valence-corrected chi connectivity index (χ1v) is 5.70. The van der Waals surface area contributed by atoms with Gasteiger partial charge in [-0.15, -0.1) is 0 Å². The second-order valence-corrected chi connectivity index (χ2v) is 3.86. The Hall–Kier alpha value is -2.70. The van der Waals surface area contributed by atoms with E-state index in [1.165, 1.54) is 0 Å². The fraction of sp³-hybridized carbons (Fsp3) is 0.167. The molecule has 0 bridgehead atoms. The lowest BCUT2D eigenvalue weighted by atomic mass is 10.1. The molecule has 98 valence electrons. The molecule has 1 aromatic heterocycles. The van der Waals surface area contributed by atoms with Gasteiger partial charge >= 0.3 is 11.2 Å². The first-order chi connectivity index (χ1) is 9.11. The van der Waals surface area contributed by atoms with Crippen molar-refractivity contribution in [3.05, 3.63) is 56.6 Å². The Bertz CT molecular complexity index is 649. The summed E-state index contributed by atoms with van der Waals surface area (Å²) in [4.78, 5) is 27.4. The van der Waals surface area contributed by atoms with Crippen LogP contribution >= 0.6 is 0 Å². The summed E-state index contributed by atoms with van der Waals surface area (Å²) < 4.78 is 0. The van der Waals surface area contributed by atoms with E-state index in [1.54, 1.807) is 12.1 Å². The lowest BCUT2D eigenvalue weighted by Gasteiger charge is -2.05. The Morgan fingerprint density at radius 2 is 2.05 bits per heavy atom. The van der Waals surface area contributed by atoms with Crippen LogP contribution in [0.3, 0.4) is 0 Å². The highest BCUT2D eigenvalue weighted by atomic mass is 16.6. The van der Waals surface area contributed by atoms with Gasteiger partial charge in [-0.05, 0) is 24.1 Å². The molecule has 0 aliphatic carbocycles. The number of hydrogen-bond acceptors (Lipinski definition) is 5. The molecule has 19 heavy (non-hydrogen) atoms. The second-order valence-electron chi connectivity index (χ2n) is 3.86. The third kappa shape index (κ3) is 2.76. The van der Waals surface area contributed by atoms with Crippen LogP contribution in [0.15, 0.2) is 35.4 Å². The van der Waals surface area contributed by atoms with Crippen molar-refractivity contribution in [2.75, 3.05) is 5.32 Å². The molecular formula is C12H12N4O3. The van der Waals surface area contributed by atoms with Gasteiger partial charge in [0, 0.05) is 5.69 Å². The molecule has 0 aliphatic heterocycles. The highest BCUT2D eigenvalue weighted by Crippen LogP contribution is 2.21.